The first kappa shape index (κ1) is 17.4. The van der Waals surface area contributed by atoms with Gasteiger partial charge in [0, 0.05) is 0 Å². The summed E-state index contributed by atoms with van der Waals surface area (Å²) in [7, 11) is -4.96. The number of aromatic nitrogens is 4. The Balaban J connectivity index is 2.00. The first-order valence-corrected chi connectivity index (χ1v) is 8.59. The van der Waals surface area contributed by atoms with Crippen LogP contribution in [0.1, 0.15) is 6.23 Å². The molecule has 5 atom stereocenters. The van der Waals surface area contributed by atoms with E-state index < -0.39 is 43.3 Å². The van der Waals surface area contributed by atoms with Crippen LogP contribution in [0, 0.1) is 6.08 Å². The zero-order valence-corrected chi connectivity index (χ0v) is 13.3. The van der Waals surface area contributed by atoms with Crippen LogP contribution in [-0.4, -0.2) is 62.9 Å². The Bertz CT molecular complexity index is 831. The standard InChI is InChI=1S/C10H12ClFN5O6P/c11-2-4(18)5(9(19)24(20,21)22)23-8(2)17-1-14-3-6(13)15-10(12)16-7(3)17/h1-2,4-5,8-9,18-19H,(H2,13,15,16)(H2,20,21,22)/t2-,4+,5+,8-,9?/m1/s1. The highest BCUT2D eigenvalue weighted by molar-refractivity contribution is 7.52. The maximum atomic E-state index is 13.4. The van der Waals surface area contributed by atoms with Crippen LogP contribution in [0.2, 0.25) is 0 Å². The van der Waals surface area contributed by atoms with Gasteiger partial charge in [-0.2, -0.15) is 14.4 Å². The second-order valence-electron chi connectivity index (χ2n) is 5.13. The summed E-state index contributed by atoms with van der Waals surface area (Å²) in [6.07, 6.45) is -4.49. The SMILES string of the molecule is Nc1nc(F)nc2c1ncn2[C@@H]1O[C@H](C(O)P(=O)(O)O)[C@@H](O)[C@H]1Cl. The highest BCUT2D eigenvalue weighted by Crippen LogP contribution is 2.47. The van der Waals surface area contributed by atoms with Crippen LogP contribution in [0.15, 0.2) is 6.33 Å². The molecule has 2 aromatic heterocycles. The van der Waals surface area contributed by atoms with Crippen molar-refractivity contribution in [2.75, 3.05) is 5.73 Å². The van der Waals surface area contributed by atoms with Crippen LogP contribution in [-0.2, 0) is 9.30 Å². The molecule has 0 amide bonds. The van der Waals surface area contributed by atoms with E-state index in [1.807, 2.05) is 0 Å². The lowest BCUT2D eigenvalue weighted by atomic mass is 10.2. The van der Waals surface area contributed by atoms with Crippen molar-refractivity contribution in [2.24, 2.45) is 0 Å². The van der Waals surface area contributed by atoms with Gasteiger partial charge in [0.05, 0.1) is 6.33 Å². The largest absolute Gasteiger partial charge is 0.389 e. The van der Waals surface area contributed by atoms with E-state index in [1.165, 1.54) is 0 Å². The summed E-state index contributed by atoms with van der Waals surface area (Å²) in [5.41, 5.74) is 5.49. The molecule has 3 heterocycles. The number of halogens is 2. The molecule has 14 heteroatoms. The van der Waals surface area contributed by atoms with Crippen LogP contribution in [0.4, 0.5) is 10.2 Å². The number of hydrogen-bond donors (Lipinski definition) is 5. The minimum atomic E-state index is -4.96. The highest BCUT2D eigenvalue weighted by atomic mass is 35.5. The number of fused-ring (bicyclic) bond motifs is 1. The molecule has 1 aliphatic rings. The van der Waals surface area contributed by atoms with E-state index >= 15 is 0 Å². The average molecular weight is 384 g/mol. The van der Waals surface area contributed by atoms with E-state index in [4.69, 9.17) is 31.9 Å². The van der Waals surface area contributed by atoms with Gasteiger partial charge in [-0.25, -0.2) is 4.98 Å². The van der Waals surface area contributed by atoms with Gasteiger partial charge in [-0.05, 0) is 0 Å². The van der Waals surface area contributed by atoms with E-state index in [2.05, 4.69) is 15.0 Å². The van der Waals surface area contributed by atoms with Crippen molar-refractivity contribution in [1.29, 1.82) is 0 Å². The van der Waals surface area contributed by atoms with Crippen molar-refractivity contribution in [1.82, 2.24) is 19.5 Å². The minimum absolute atomic E-state index is 0.0531. The number of anilines is 1. The summed E-state index contributed by atoms with van der Waals surface area (Å²) in [6, 6.07) is 0. The Hall–Kier alpha value is -1.40. The summed E-state index contributed by atoms with van der Waals surface area (Å²) in [4.78, 5) is 28.8. The summed E-state index contributed by atoms with van der Waals surface area (Å²) >= 11 is 6.03. The lowest BCUT2D eigenvalue weighted by Gasteiger charge is -2.21. The van der Waals surface area contributed by atoms with E-state index in [-0.39, 0.29) is 17.0 Å². The number of hydrogen-bond acceptors (Lipinski definition) is 8. The first-order chi connectivity index (χ1) is 11.1. The number of nitrogen functional groups attached to an aromatic ring is 1. The maximum absolute atomic E-state index is 13.4. The number of aliphatic hydroxyl groups excluding tert-OH is 2. The number of aliphatic hydroxyl groups is 2. The van der Waals surface area contributed by atoms with Crippen molar-refractivity contribution in [3.05, 3.63) is 12.4 Å². The zero-order chi connectivity index (χ0) is 17.8. The third-order valence-electron chi connectivity index (χ3n) is 3.57. The summed E-state index contributed by atoms with van der Waals surface area (Å²) < 4.78 is 30.9. The number of ether oxygens (including phenoxy) is 1. The van der Waals surface area contributed by atoms with Gasteiger partial charge in [0.15, 0.2) is 29.1 Å². The van der Waals surface area contributed by atoms with Crippen LogP contribution in [0.5, 0.6) is 0 Å². The third kappa shape index (κ3) is 2.75. The molecule has 0 aliphatic carbocycles. The average Bonchev–Trinajstić information content (AvgIpc) is 3.00. The van der Waals surface area contributed by atoms with E-state index in [0.717, 1.165) is 10.9 Å². The molecule has 11 nitrogen and oxygen atoms in total. The van der Waals surface area contributed by atoms with Gasteiger partial charge in [-0.1, -0.05) is 0 Å². The molecule has 2 aromatic rings. The molecule has 132 valence electrons. The van der Waals surface area contributed by atoms with E-state index in [9.17, 15) is 19.2 Å². The molecule has 1 fully saturated rings. The first-order valence-electron chi connectivity index (χ1n) is 6.47. The number of imidazole rings is 1. The van der Waals surface area contributed by atoms with Crippen LogP contribution in [0.25, 0.3) is 11.2 Å². The molecule has 3 rings (SSSR count). The summed E-state index contributed by atoms with van der Waals surface area (Å²) in [5, 5.41) is 18.4. The van der Waals surface area contributed by atoms with Gasteiger partial charge in [-0.15, -0.1) is 11.6 Å². The van der Waals surface area contributed by atoms with Crippen LogP contribution in [0.3, 0.4) is 0 Å². The zero-order valence-electron chi connectivity index (χ0n) is 11.6. The maximum Gasteiger partial charge on any atom is 0.356 e. The molecule has 0 radical (unpaired) electrons. The van der Waals surface area contributed by atoms with Crippen molar-refractivity contribution in [3.8, 4) is 0 Å². The lowest BCUT2D eigenvalue weighted by Crippen LogP contribution is -2.36. The molecule has 6 N–H and O–H groups in total. The molecule has 1 saturated heterocycles. The second-order valence-corrected chi connectivity index (χ2v) is 7.34. The molecule has 0 saturated carbocycles. The Morgan fingerprint density at radius 1 is 1.46 bits per heavy atom. The Morgan fingerprint density at radius 2 is 2.12 bits per heavy atom. The van der Waals surface area contributed by atoms with Crippen molar-refractivity contribution in [3.63, 3.8) is 0 Å². The second kappa shape index (κ2) is 5.85. The normalized spacial score (nSPS) is 29.2. The van der Waals surface area contributed by atoms with Crippen molar-refractivity contribution >= 4 is 36.2 Å². The van der Waals surface area contributed by atoms with Gasteiger partial charge in [0.2, 0.25) is 0 Å². The Kier molecular flexibility index (Phi) is 4.24. The fourth-order valence-electron chi connectivity index (χ4n) is 2.42. The molecular formula is C10H12ClFN5O6P. The molecule has 1 unspecified atom stereocenters. The quantitative estimate of drug-likeness (QED) is 0.248. The number of alkyl halides is 1. The summed E-state index contributed by atoms with van der Waals surface area (Å²) in [6.45, 7) is 0. The van der Waals surface area contributed by atoms with Crippen molar-refractivity contribution in [2.45, 2.75) is 29.7 Å². The van der Waals surface area contributed by atoms with Gasteiger partial charge in [0.25, 0.3) is 0 Å². The number of nitrogens with two attached hydrogens (primary N) is 1. The number of nitrogens with zero attached hydrogens (tertiary/aromatic N) is 4. The molecule has 1 aliphatic heterocycles. The van der Waals surface area contributed by atoms with Gasteiger partial charge < -0.3 is 30.5 Å². The van der Waals surface area contributed by atoms with Crippen molar-refractivity contribution < 1.29 is 33.7 Å². The van der Waals surface area contributed by atoms with Gasteiger partial charge in [-0.3, -0.25) is 9.13 Å². The molecule has 24 heavy (non-hydrogen) atoms. The Morgan fingerprint density at radius 3 is 2.75 bits per heavy atom. The monoisotopic (exact) mass is 383 g/mol. The molecule has 0 bridgehead atoms. The fraction of sp³-hybridized carbons (Fsp3) is 0.500. The highest BCUT2D eigenvalue weighted by Gasteiger charge is 2.51. The smallest absolute Gasteiger partial charge is 0.356 e. The molecular weight excluding hydrogens is 372 g/mol. The minimum Gasteiger partial charge on any atom is -0.389 e. The van der Waals surface area contributed by atoms with Crippen LogP contribution < -0.4 is 5.73 Å². The fourth-order valence-corrected chi connectivity index (χ4v) is 3.37. The van der Waals surface area contributed by atoms with Gasteiger partial charge >= 0.3 is 13.7 Å². The van der Waals surface area contributed by atoms with E-state index in [1.54, 1.807) is 0 Å². The topological polar surface area (TPSA) is 177 Å². The third-order valence-corrected chi connectivity index (χ3v) is 5.02. The molecule has 0 aromatic carbocycles. The lowest BCUT2D eigenvalue weighted by molar-refractivity contribution is -0.0621. The number of rotatable bonds is 3. The Labute approximate surface area is 138 Å². The predicted molar refractivity (Wildman–Crippen MR) is 77.3 cm³/mol. The van der Waals surface area contributed by atoms with Crippen LogP contribution >= 0.6 is 19.2 Å². The molecule has 0 spiro atoms. The summed E-state index contributed by atoms with van der Waals surface area (Å²) in [5.74, 6) is -2.52. The van der Waals surface area contributed by atoms with E-state index in [0.29, 0.717) is 0 Å². The predicted octanol–water partition coefficient (Wildman–Crippen LogP) is -1.09. The van der Waals surface area contributed by atoms with Gasteiger partial charge in [0.1, 0.15) is 17.6 Å².